The molecule has 0 aromatic carbocycles. The minimum absolute atomic E-state index is 0.0640. The van der Waals surface area contributed by atoms with Crippen LogP contribution in [0.5, 0.6) is 0 Å². The van der Waals surface area contributed by atoms with Crippen LogP contribution in [0.25, 0.3) is 0 Å². The summed E-state index contributed by atoms with van der Waals surface area (Å²) in [6.07, 6.45) is 5.89. The third kappa shape index (κ3) is 4.14. The number of hydrogen-bond acceptors (Lipinski definition) is 5. The van der Waals surface area contributed by atoms with Gasteiger partial charge in [0.15, 0.2) is 0 Å². The number of aromatic nitrogens is 2. The Kier molecular flexibility index (Phi) is 4.71. The van der Waals surface area contributed by atoms with Gasteiger partial charge >= 0.3 is 0 Å². The molecule has 1 unspecified atom stereocenters. The number of hydrogen-bond donors (Lipinski definition) is 2. The van der Waals surface area contributed by atoms with Gasteiger partial charge in [-0.15, -0.1) is 0 Å². The minimum Gasteiger partial charge on any atom is -0.396 e. The molecule has 0 radical (unpaired) electrons. The summed E-state index contributed by atoms with van der Waals surface area (Å²) in [6.45, 7) is 7.13. The van der Waals surface area contributed by atoms with Crippen LogP contribution in [0.3, 0.4) is 0 Å². The first kappa shape index (κ1) is 14.2. The molecule has 0 saturated carbocycles. The third-order valence-electron chi connectivity index (χ3n) is 3.55. The van der Waals surface area contributed by atoms with Gasteiger partial charge in [-0.3, -0.25) is 0 Å². The summed E-state index contributed by atoms with van der Waals surface area (Å²) < 4.78 is 0. The van der Waals surface area contributed by atoms with Crippen LogP contribution in [0.1, 0.15) is 26.7 Å². The van der Waals surface area contributed by atoms with Crippen LogP contribution >= 0.6 is 0 Å². The molecule has 1 aromatic heterocycles. The third-order valence-corrected chi connectivity index (χ3v) is 3.55. The van der Waals surface area contributed by atoms with Crippen LogP contribution < -0.4 is 10.2 Å². The summed E-state index contributed by atoms with van der Waals surface area (Å²) in [6, 6.07) is 2.29. The molecule has 1 atom stereocenters. The lowest BCUT2D eigenvalue weighted by atomic mass is 9.94. The van der Waals surface area contributed by atoms with Gasteiger partial charge < -0.3 is 15.3 Å². The number of nitrogens with zero attached hydrogens (tertiary/aromatic N) is 3. The topological polar surface area (TPSA) is 61.3 Å². The average molecular weight is 264 g/mol. The molecule has 5 heteroatoms. The van der Waals surface area contributed by atoms with E-state index in [2.05, 4.69) is 34.0 Å². The largest absolute Gasteiger partial charge is 0.396 e. The first-order chi connectivity index (χ1) is 9.11. The summed E-state index contributed by atoms with van der Waals surface area (Å²) in [5.74, 6) is 0.815. The number of rotatable bonds is 5. The molecular formula is C14H24N4O. The molecule has 0 amide bonds. The van der Waals surface area contributed by atoms with Crippen molar-refractivity contribution in [2.24, 2.45) is 5.41 Å². The Morgan fingerprint density at radius 2 is 2.16 bits per heavy atom. The van der Waals surface area contributed by atoms with Crippen molar-refractivity contribution in [3.63, 3.8) is 0 Å². The Morgan fingerprint density at radius 3 is 2.84 bits per heavy atom. The van der Waals surface area contributed by atoms with Crippen LogP contribution in [0.2, 0.25) is 0 Å². The molecule has 1 fully saturated rings. The van der Waals surface area contributed by atoms with Gasteiger partial charge in [-0.1, -0.05) is 13.8 Å². The fraction of sp³-hybridized carbons (Fsp3) is 0.714. The SMILES string of the molecule is CC(C)(CO)CNC1CCCN(c2ncccn2)C1. The maximum Gasteiger partial charge on any atom is 0.225 e. The smallest absolute Gasteiger partial charge is 0.225 e. The van der Waals surface area contributed by atoms with E-state index in [0.29, 0.717) is 6.04 Å². The molecule has 0 spiro atoms. The molecule has 2 heterocycles. The minimum atomic E-state index is -0.0640. The zero-order valence-electron chi connectivity index (χ0n) is 11.8. The number of aliphatic hydroxyl groups excluding tert-OH is 1. The van der Waals surface area contributed by atoms with Crippen molar-refractivity contribution in [2.75, 3.05) is 31.1 Å². The summed E-state index contributed by atoms with van der Waals surface area (Å²) in [5, 5.41) is 12.8. The Bertz CT molecular complexity index is 382. The zero-order chi connectivity index (χ0) is 13.7. The zero-order valence-corrected chi connectivity index (χ0v) is 11.8. The molecule has 1 aliphatic rings. The van der Waals surface area contributed by atoms with E-state index in [1.807, 2.05) is 6.07 Å². The van der Waals surface area contributed by atoms with Crippen molar-refractivity contribution in [3.05, 3.63) is 18.5 Å². The number of piperidine rings is 1. The maximum atomic E-state index is 9.28. The van der Waals surface area contributed by atoms with E-state index in [1.54, 1.807) is 12.4 Å². The molecule has 0 aliphatic carbocycles. The Morgan fingerprint density at radius 1 is 1.42 bits per heavy atom. The van der Waals surface area contributed by atoms with E-state index >= 15 is 0 Å². The highest BCUT2D eigenvalue weighted by Gasteiger charge is 2.24. The van der Waals surface area contributed by atoms with Gasteiger partial charge in [-0.2, -0.15) is 0 Å². The second kappa shape index (κ2) is 6.30. The van der Waals surface area contributed by atoms with E-state index in [0.717, 1.165) is 32.0 Å². The normalized spacial score (nSPS) is 20.6. The van der Waals surface area contributed by atoms with Gasteiger partial charge in [-0.05, 0) is 18.9 Å². The second-order valence-corrected chi connectivity index (χ2v) is 6.04. The molecule has 106 valence electrons. The van der Waals surface area contributed by atoms with Crippen molar-refractivity contribution >= 4 is 5.95 Å². The molecule has 1 saturated heterocycles. The summed E-state index contributed by atoms with van der Waals surface area (Å²) >= 11 is 0. The summed E-state index contributed by atoms with van der Waals surface area (Å²) in [7, 11) is 0. The van der Waals surface area contributed by atoms with E-state index in [9.17, 15) is 5.11 Å². The predicted molar refractivity (Wildman–Crippen MR) is 76.1 cm³/mol. The van der Waals surface area contributed by atoms with Gasteiger partial charge in [0, 0.05) is 50.1 Å². The Balaban J connectivity index is 1.87. The molecule has 2 rings (SSSR count). The maximum absolute atomic E-state index is 9.28. The van der Waals surface area contributed by atoms with E-state index < -0.39 is 0 Å². The molecule has 1 aromatic rings. The highest BCUT2D eigenvalue weighted by Crippen LogP contribution is 2.17. The Hall–Kier alpha value is -1.20. The van der Waals surface area contributed by atoms with Crippen LogP contribution in [0.15, 0.2) is 18.5 Å². The average Bonchev–Trinajstić information content (AvgIpc) is 2.47. The van der Waals surface area contributed by atoms with Gasteiger partial charge in [0.2, 0.25) is 5.95 Å². The fourth-order valence-electron chi connectivity index (χ4n) is 2.26. The van der Waals surface area contributed by atoms with Gasteiger partial charge in [0.25, 0.3) is 0 Å². The predicted octanol–water partition coefficient (Wildman–Crippen LogP) is 1.05. The Labute approximate surface area is 115 Å². The summed E-state index contributed by atoms with van der Waals surface area (Å²) in [4.78, 5) is 10.8. The molecule has 2 N–H and O–H groups in total. The number of aliphatic hydroxyl groups is 1. The molecule has 5 nitrogen and oxygen atoms in total. The molecule has 0 bridgehead atoms. The standard InChI is InChI=1S/C14H24N4O/c1-14(2,11-19)10-17-12-5-3-8-18(9-12)13-15-6-4-7-16-13/h4,6-7,12,17,19H,3,5,8-11H2,1-2H3. The number of anilines is 1. The first-order valence-corrected chi connectivity index (χ1v) is 6.97. The summed E-state index contributed by atoms with van der Waals surface area (Å²) in [5.41, 5.74) is -0.0640. The van der Waals surface area contributed by atoms with Crippen molar-refractivity contribution in [1.82, 2.24) is 15.3 Å². The lowest BCUT2D eigenvalue weighted by Gasteiger charge is -2.35. The quantitative estimate of drug-likeness (QED) is 0.832. The van der Waals surface area contributed by atoms with Crippen LogP contribution in [0.4, 0.5) is 5.95 Å². The van der Waals surface area contributed by atoms with Crippen LogP contribution in [0, 0.1) is 5.41 Å². The molecular weight excluding hydrogens is 240 g/mol. The van der Waals surface area contributed by atoms with E-state index in [4.69, 9.17) is 0 Å². The fourth-order valence-corrected chi connectivity index (χ4v) is 2.26. The van der Waals surface area contributed by atoms with E-state index in [1.165, 1.54) is 6.42 Å². The van der Waals surface area contributed by atoms with Crippen LogP contribution in [-0.2, 0) is 0 Å². The highest BCUT2D eigenvalue weighted by atomic mass is 16.3. The van der Waals surface area contributed by atoms with Gasteiger partial charge in [-0.25, -0.2) is 9.97 Å². The lowest BCUT2D eigenvalue weighted by Crippen LogP contribution is -2.49. The molecule has 19 heavy (non-hydrogen) atoms. The van der Waals surface area contributed by atoms with Crippen LogP contribution in [-0.4, -0.2) is 47.4 Å². The van der Waals surface area contributed by atoms with E-state index in [-0.39, 0.29) is 12.0 Å². The van der Waals surface area contributed by atoms with Crippen molar-refractivity contribution in [3.8, 4) is 0 Å². The van der Waals surface area contributed by atoms with Crippen molar-refractivity contribution < 1.29 is 5.11 Å². The van der Waals surface area contributed by atoms with Crippen molar-refractivity contribution in [1.29, 1.82) is 0 Å². The monoisotopic (exact) mass is 264 g/mol. The first-order valence-electron chi connectivity index (χ1n) is 6.97. The second-order valence-electron chi connectivity index (χ2n) is 6.04. The van der Waals surface area contributed by atoms with Crippen molar-refractivity contribution in [2.45, 2.75) is 32.7 Å². The van der Waals surface area contributed by atoms with Gasteiger partial charge in [0.1, 0.15) is 0 Å². The highest BCUT2D eigenvalue weighted by molar-refractivity contribution is 5.29. The molecule has 1 aliphatic heterocycles. The number of nitrogens with one attached hydrogen (secondary N) is 1. The van der Waals surface area contributed by atoms with Gasteiger partial charge in [0.05, 0.1) is 0 Å². The lowest BCUT2D eigenvalue weighted by molar-refractivity contribution is 0.151.